The normalized spacial score (nSPS) is 23.6. The van der Waals surface area contributed by atoms with Crippen LogP contribution in [0.25, 0.3) is 0 Å². The molecule has 2 fully saturated rings. The molecule has 2 saturated heterocycles. The van der Waals surface area contributed by atoms with E-state index in [0.717, 1.165) is 5.56 Å². The first-order valence-corrected chi connectivity index (χ1v) is 9.93. The van der Waals surface area contributed by atoms with Crippen LogP contribution in [0.15, 0.2) is 54.6 Å². The Bertz CT molecular complexity index is 867. The number of fused-ring (bicyclic) bond motifs is 1. The first kappa shape index (κ1) is 18.5. The fraction of sp³-hybridized carbons (Fsp3) is 0.391. The maximum atomic E-state index is 13.2. The molecule has 0 aromatic heterocycles. The van der Waals surface area contributed by atoms with Gasteiger partial charge in [-0.2, -0.15) is 0 Å². The molecule has 2 heterocycles. The van der Waals surface area contributed by atoms with Crippen molar-refractivity contribution in [3.05, 3.63) is 65.7 Å². The molecule has 0 radical (unpaired) electrons. The van der Waals surface area contributed by atoms with Gasteiger partial charge in [-0.05, 0) is 24.6 Å². The van der Waals surface area contributed by atoms with Crippen LogP contribution in [0.3, 0.4) is 0 Å². The summed E-state index contributed by atoms with van der Waals surface area (Å²) in [6, 6.07) is 17.6. The maximum Gasteiger partial charge on any atom is 0.257 e. The number of para-hydroxylation sites is 1. The molecule has 3 atom stereocenters. The molecule has 146 valence electrons. The molecular weight excluding hydrogens is 352 g/mol. The third kappa shape index (κ3) is 3.26. The van der Waals surface area contributed by atoms with Gasteiger partial charge in [0.2, 0.25) is 5.91 Å². The second-order valence-electron chi connectivity index (χ2n) is 7.59. The molecule has 5 heteroatoms. The van der Waals surface area contributed by atoms with Crippen LogP contribution in [-0.4, -0.2) is 47.9 Å². The Balaban J connectivity index is 1.58. The zero-order valence-corrected chi connectivity index (χ0v) is 16.4. The summed E-state index contributed by atoms with van der Waals surface area (Å²) in [6.07, 6.45) is 0. The Morgan fingerprint density at radius 3 is 2.43 bits per heavy atom. The highest BCUT2D eigenvalue weighted by molar-refractivity contribution is 5.97. The fourth-order valence-corrected chi connectivity index (χ4v) is 4.71. The van der Waals surface area contributed by atoms with E-state index in [1.54, 1.807) is 6.92 Å². The van der Waals surface area contributed by atoms with Crippen LogP contribution in [0, 0.1) is 11.8 Å². The number of hydrogen-bond acceptors (Lipinski definition) is 3. The lowest BCUT2D eigenvalue weighted by atomic mass is 9.89. The molecule has 0 saturated carbocycles. The van der Waals surface area contributed by atoms with E-state index in [9.17, 15) is 9.59 Å². The number of ether oxygens (including phenoxy) is 1. The quantitative estimate of drug-likeness (QED) is 0.820. The molecule has 5 nitrogen and oxygen atoms in total. The van der Waals surface area contributed by atoms with Crippen molar-refractivity contribution >= 4 is 11.8 Å². The summed E-state index contributed by atoms with van der Waals surface area (Å²) in [5, 5.41) is 0. The topological polar surface area (TPSA) is 49.9 Å². The van der Waals surface area contributed by atoms with Crippen LogP contribution in [-0.2, 0) is 4.79 Å². The zero-order valence-electron chi connectivity index (χ0n) is 16.4. The van der Waals surface area contributed by atoms with Crippen LogP contribution < -0.4 is 4.74 Å². The molecule has 0 unspecified atom stereocenters. The molecule has 2 aromatic rings. The smallest absolute Gasteiger partial charge is 0.257 e. The predicted molar refractivity (Wildman–Crippen MR) is 107 cm³/mol. The van der Waals surface area contributed by atoms with Gasteiger partial charge in [0.25, 0.3) is 5.91 Å². The zero-order chi connectivity index (χ0) is 19.7. The van der Waals surface area contributed by atoms with Crippen molar-refractivity contribution in [3.8, 4) is 5.75 Å². The number of amides is 2. The fourth-order valence-electron chi connectivity index (χ4n) is 4.71. The van der Waals surface area contributed by atoms with Crippen molar-refractivity contribution in [1.82, 2.24) is 9.80 Å². The summed E-state index contributed by atoms with van der Waals surface area (Å²) in [5.41, 5.74) is 1.76. The number of rotatable bonds is 4. The van der Waals surface area contributed by atoms with Crippen molar-refractivity contribution in [2.75, 3.05) is 26.2 Å². The SMILES string of the molecule is CCOc1ccccc1C(=O)N1C[C@@H]2CN(C(C)=O)[C@H](c3ccccc3)[C@@H]2C1. The molecule has 0 N–H and O–H groups in total. The molecule has 2 aliphatic heterocycles. The third-order valence-electron chi connectivity index (χ3n) is 5.91. The van der Waals surface area contributed by atoms with E-state index in [1.807, 2.05) is 59.2 Å². The summed E-state index contributed by atoms with van der Waals surface area (Å²) < 4.78 is 5.65. The van der Waals surface area contributed by atoms with Crippen molar-refractivity contribution in [2.45, 2.75) is 19.9 Å². The van der Waals surface area contributed by atoms with Crippen LogP contribution in [0.1, 0.15) is 35.8 Å². The van der Waals surface area contributed by atoms with Gasteiger partial charge < -0.3 is 14.5 Å². The van der Waals surface area contributed by atoms with E-state index >= 15 is 0 Å². The summed E-state index contributed by atoms with van der Waals surface area (Å²) in [5.74, 6) is 1.31. The molecule has 0 spiro atoms. The van der Waals surface area contributed by atoms with Gasteiger partial charge >= 0.3 is 0 Å². The van der Waals surface area contributed by atoms with E-state index in [1.165, 1.54) is 0 Å². The first-order chi connectivity index (χ1) is 13.6. The minimum absolute atomic E-state index is 0.0136. The Morgan fingerprint density at radius 2 is 1.71 bits per heavy atom. The molecular formula is C23H26N2O3. The van der Waals surface area contributed by atoms with Gasteiger partial charge in [0.15, 0.2) is 0 Å². The Labute approximate surface area is 165 Å². The second kappa shape index (κ2) is 7.66. The van der Waals surface area contributed by atoms with Gasteiger partial charge in [-0.3, -0.25) is 9.59 Å². The number of carbonyl (C=O) groups excluding carboxylic acids is 2. The molecule has 0 aliphatic carbocycles. The predicted octanol–water partition coefficient (Wildman–Crippen LogP) is 3.38. The Morgan fingerprint density at radius 1 is 1.00 bits per heavy atom. The Kier molecular flexibility index (Phi) is 5.07. The largest absolute Gasteiger partial charge is 0.493 e. The molecule has 2 aromatic carbocycles. The lowest BCUT2D eigenvalue weighted by molar-refractivity contribution is -0.130. The highest BCUT2D eigenvalue weighted by Gasteiger charge is 2.49. The van der Waals surface area contributed by atoms with Crippen LogP contribution in [0.5, 0.6) is 5.75 Å². The van der Waals surface area contributed by atoms with Crippen LogP contribution in [0.4, 0.5) is 0 Å². The van der Waals surface area contributed by atoms with Crippen LogP contribution >= 0.6 is 0 Å². The van der Waals surface area contributed by atoms with E-state index in [0.29, 0.717) is 43.5 Å². The van der Waals surface area contributed by atoms with E-state index in [4.69, 9.17) is 4.74 Å². The van der Waals surface area contributed by atoms with E-state index < -0.39 is 0 Å². The van der Waals surface area contributed by atoms with Crippen molar-refractivity contribution in [3.63, 3.8) is 0 Å². The van der Waals surface area contributed by atoms with E-state index in [-0.39, 0.29) is 23.8 Å². The van der Waals surface area contributed by atoms with E-state index in [2.05, 4.69) is 12.1 Å². The third-order valence-corrected chi connectivity index (χ3v) is 5.91. The minimum Gasteiger partial charge on any atom is -0.493 e. The average Bonchev–Trinajstić information content (AvgIpc) is 3.27. The molecule has 28 heavy (non-hydrogen) atoms. The lowest BCUT2D eigenvalue weighted by Gasteiger charge is -2.29. The molecule has 4 rings (SSSR count). The van der Waals surface area contributed by atoms with Gasteiger partial charge in [-0.25, -0.2) is 0 Å². The summed E-state index contributed by atoms with van der Waals surface area (Å²) >= 11 is 0. The number of hydrogen-bond donors (Lipinski definition) is 0. The van der Waals surface area contributed by atoms with Crippen molar-refractivity contribution in [1.29, 1.82) is 0 Å². The summed E-state index contributed by atoms with van der Waals surface area (Å²) in [4.78, 5) is 29.3. The monoisotopic (exact) mass is 378 g/mol. The van der Waals surface area contributed by atoms with Gasteiger partial charge in [0.1, 0.15) is 5.75 Å². The average molecular weight is 378 g/mol. The van der Waals surface area contributed by atoms with Gasteiger partial charge in [0.05, 0.1) is 18.2 Å². The highest BCUT2D eigenvalue weighted by atomic mass is 16.5. The lowest BCUT2D eigenvalue weighted by Crippen LogP contribution is -2.36. The standard InChI is InChI=1S/C23H26N2O3/c1-3-28-21-12-8-7-11-19(21)23(27)24-13-18-14-25(16(2)26)22(20(18)15-24)17-9-5-4-6-10-17/h4-12,18,20,22H,3,13-15H2,1-2H3/t18-,20-,22-/m1/s1. The number of carbonyl (C=O) groups is 2. The van der Waals surface area contributed by atoms with Crippen LogP contribution in [0.2, 0.25) is 0 Å². The maximum absolute atomic E-state index is 13.2. The second-order valence-corrected chi connectivity index (χ2v) is 7.59. The van der Waals surface area contributed by atoms with Crippen molar-refractivity contribution < 1.29 is 14.3 Å². The van der Waals surface area contributed by atoms with Gasteiger partial charge in [0, 0.05) is 38.4 Å². The molecule has 0 bridgehead atoms. The number of benzene rings is 2. The highest BCUT2D eigenvalue weighted by Crippen LogP contribution is 2.45. The Hall–Kier alpha value is -2.82. The number of likely N-dealkylation sites (tertiary alicyclic amines) is 2. The minimum atomic E-state index is 0.0136. The van der Waals surface area contributed by atoms with Gasteiger partial charge in [-0.15, -0.1) is 0 Å². The molecule has 2 amide bonds. The molecule has 2 aliphatic rings. The summed E-state index contributed by atoms with van der Waals surface area (Å²) in [6.45, 7) is 6.13. The number of nitrogens with zero attached hydrogens (tertiary/aromatic N) is 2. The first-order valence-electron chi connectivity index (χ1n) is 9.93. The van der Waals surface area contributed by atoms with Crippen molar-refractivity contribution in [2.24, 2.45) is 11.8 Å². The summed E-state index contributed by atoms with van der Waals surface area (Å²) in [7, 11) is 0. The van der Waals surface area contributed by atoms with Gasteiger partial charge in [-0.1, -0.05) is 42.5 Å².